The average Bonchev–Trinajstić information content (AvgIpc) is 3.52. The average molecular weight is 498 g/mol. The van der Waals surface area contributed by atoms with Gasteiger partial charge in [-0.1, -0.05) is 0 Å². The smallest absolute Gasteiger partial charge is 0.270 e. The maximum absolute atomic E-state index is 13.6. The Labute approximate surface area is 204 Å². The third-order valence-electron chi connectivity index (χ3n) is 6.08. The molecule has 0 spiro atoms. The predicted molar refractivity (Wildman–Crippen MR) is 131 cm³/mol. The molecule has 4 heterocycles. The first kappa shape index (κ1) is 22.7. The number of halogens is 1. The van der Waals surface area contributed by atoms with Crippen LogP contribution >= 0.6 is 22.7 Å². The summed E-state index contributed by atoms with van der Waals surface area (Å²) in [5, 5.41) is 5.71. The van der Waals surface area contributed by atoms with Gasteiger partial charge in [-0.3, -0.25) is 14.0 Å². The molecule has 1 aliphatic rings. The summed E-state index contributed by atoms with van der Waals surface area (Å²) in [7, 11) is 0. The summed E-state index contributed by atoms with van der Waals surface area (Å²) < 4.78 is 15.2. The molecule has 2 amide bonds. The molecule has 3 aromatic heterocycles. The Hall–Kier alpha value is -3.11. The lowest BCUT2D eigenvalue weighted by atomic mass is 10.0. The number of thiazole rings is 2. The number of nitrogens with zero attached hydrogens (tertiary/aromatic N) is 4. The molecule has 0 saturated carbocycles. The van der Waals surface area contributed by atoms with Gasteiger partial charge in [0.1, 0.15) is 16.4 Å². The second-order valence-electron chi connectivity index (χ2n) is 8.38. The molecule has 1 fully saturated rings. The Bertz CT molecular complexity index is 1360. The van der Waals surface area contributed by atoms with Gasteiger partial charge in [-0.2, -0.15) is 0 Å². The highest BCUT2D eigenvalue weighted by molar-refractivity contribution is 7.15. The third kappa shape index (κ3) is 4.23. The highest BCUT2D eigenvalue weighted by Crippen LogP contribution is 2.31. The van der Waals surface area contributed by atoms with E-state index in [4.69, 9.17) is 0 Å². The lowest BCUT2D eigenvalue weighted by Gasteiger charge is -2.35. The third-order valence-corrected chi connectivity index (χ3v) is 7.80. The first-order valence-electron chi connectivity index (χ1n) is 11.2. The lowest BCUT2D eigenvalue weighted by Crippen LogP contribution is -2.49. The molecule has 0 unspecified atom stereocenters. The molecule has 0 radical (unpaired) electrons. The van der Waals surface area contributed by atoms with E-state index >= 15 is 0 Å². The van der Waals surface area contributed by atoms with Gasteiger partial charge in [-0.05, 0) is 57.4 Å². The van der Waals surface area contributed by atoms with Gasteiger partial charge in [0.2, 0.25) is 0 Å². The van der Waals surface area contributed by atoms with Gasteiger partial charge in [-0.15, -0.1) is 22.7 Å². The summed E-state index contributed by atoms with van der Waals surface area (Å²) >= 11 is 2.83. The van der Waals surface area contributed by atoms with Crippen LogP contribution in [-0.4, -0.2) is 50.2 Å². The van der Waals surface area contributed by atoms with E-state index in [1.54, 1.807) is 16.5 Å². The van der Waals surface area contributed by atoms with Crippen molar-refractivity contribution in [1.82, 2.24) is 24.6 Å². The van der Waals surface area contributed by atoms with Crippen LogP contribution in [0.25, 0.3) is 16.2 Å². The van der Waals surface area contributed by atoms with Crippen molar-refractivity contribution in [2.24, 2.45) is 0 Å². The number of aryl methyl sites for hydroxylation is 2. The fraction of sp³-hybridized carbons (Fsp3) is 0.333. The number of hydrogen-bond acceptors (Lipinski definition) is 6. The molecule has 34 heavy (non-hydrogen) atoms. The van der Waals surface area contributed by atoms with Crippen LogP contribution in [0.3, 0.4) is 0 Å². The number of likely N-dealkylation sites (tertiary alicyclic amines) is 1. The van der Waals surface area contributed by atoms with Crippen LogP contribution in [0.1, 0.15) is 50.1 Å². The molecule has 10 heteroatoms. The largest absolute Gasteiger partial charge is 0.349 e. The van der Waals surface area contributed by atoms with Crippen LogP contribution in [0.4, 0.5) is 4.39 Å². The summed E-state index contributed by atoms with van der Waals surface area (Å²) in [4.78, 5) is 38.8. The van der Waals surface area contributed by atoms with E-state index in [1.807, 2.05) is 30.3 Å². The fourth-order valence-electron chi connectivity index (χ4n) is 4.45. The number of piperidine rings is 1. The monoisotopic (exact) mass is 497 g/mol. The summed E-state index contributed by atoms with van der Waals surface area (Å²) in [6.07, 6.45) is 4.57. The zero-order valence-corrected chi connectivity index (χ0v) is 20.5. The molecule has 1 aromatic carbocycles. The van der Waals surface area contributed by atoms with Gasteiger partial charge in [0.25, 0.3) is 11.8 Å². The summed E-state index contributed by atoms with van der Waals surface area (Å²) in [6.45, 7) is 4.68. The SMILES string of the molecule is Cc1nc(-c2ccc(F)cc2)c(C(=O)N2CCCC[C@H]2CNC(=O)c2c(C)nc3sccn23)s1. The molecular formula is C24H24FN5O2S2. The quantitative estimate of drug-likeness (QED) is 0.434. The zero-order valence-electron chi connectivity index (χ0n) is 18.9. The Morgan fingerprint density at radius 3 is 2.76 bits per heavy atom. The standard InChI is InChI=1S/C24H24FN5O2S2/c1-14-20(30-11-12-33-24(30)27-14)22(31)26-13-18-5-3-4-10-29(18)23(32)21-19(28-15(2)34-21)16-6-8-17(25)9-7-16/h6-9,11-12,18H,3-5,10,13H2,1-2H3,(H,26,31)/t18-/m0/s1. The van der Waals surface area contributed by atoms with Crippen molar-refractivity contribution < 1.29 is 14.0 Å². The maximum Gasteiger partial charge on any atom is 0.270 e. The van der Waals surface area contributed by atoms with Crippen LogP contribution in [0.15, 0.2) is 35.8 Å². The first-order valence-corrected chi connectivity index (χ1v) is 12.9. The molecule has 5 rings (SSSR count). The number of carbonyl (C=O) groups is 2. The second-order valence-corrected chi connectivity index (χ2v) is 10.5. The number of amides is 2. The summed E-state index contributed by atoms with van der Waals surface area (Å²) in [5.41, 5.74) is 2.51. The van der Waals surface area contributed by atoms with Gasteiger partial charge in [0, 0.05) is 36.3 Å². The van der Waals surface area contributed by atoms with E-state index in [0.29, 0.717) is 40.6 Å². The van der Waals surface area contributed by atoms with E-state index in [1.165, 1.54) is 34.8 Å². The molecule has 1 N–H and O–H groups in total. The molecular weight excluding hydrogens is 473 g/mol. The Morgan fingerprint density at radius 2 is 1.97 bits per heavy atom. The summed E-state index contributed by atoms with van der Waals surface area (Å²) in [6, 6.07) is 5.93. The molecule has 0 aliphatic carbocycles. The van der Waals surface area contributed by atoms with Gasteiger partial charge in [-0.25, -0.2) is 14.4 Å². The van der Waals surface area contributed by atoms with Crippen LogP contribution in [0.2, 0.25) is 0 Å². The number of nitrogens with one attached hydrogen (secondary N) is 1. The van der Waals surface area contributed by atoms with Gasteiger partial charge in [0.05, 0.1) is 16.4 Å². The van der Waals surface area contributed by atoms with Crippen LogP contribution in [0.5, 0.6) is 0 Å². The van der Waals surface area contributed by atoms with Crippen LogP contribution in [0, 0.1) is 19.7 Å². The van der Waals surface area contributed by atoms with Crippen molar-refractivity contribution in [3.05, 3.63) is 62.9 Å². The predicted octanol–water partition coefficient (Wildman–Crippen LogP) is 4.70. The van der Waals surface area contributed by atoms with Crippen molar-refractivity contribution >= 4 is 39.4 Å². The van der Waals surface area contributed by atoms with E-state index < -0.39 is 0 Å². The number of benzene rings is 1. The minimum Gasteiger partial charge on any atom is -0.349 e. The zero-order chi connectivity index (χ0) is 23.8. The van der Waals surface area contributed by atoms with Gasteiger partial charge in [0.15, 0.2) is 4.96 Å². The molecule has 7 nitrogen and oxygen atoms in total. The summed E-state index contributed by atoms with van der Waals surface area (Å²) in [5.74, 6) is -0.616. The molecule has 176 valence electrons. The van der Waals surface area contributed by atoms with Crippen molar-refractivity contribution in [3.8, 4) is 11.3 Å². The molecule has 1 aliphatic heterocycles. The molecule has 4 aromatic rings. The highest BCUT2D eigenvalue weighted by atomic mass is 32.1. The van der Waals surface area contributed by atoms with Crippen molar-refractivity contribution in [2.45, 2.75) is 39.2 Å². The molecule has 0 bridgehead atoms. The van der Waals surface area contributed by atoms with Crippen molar-refractivity contribution in [3.63, 3.8) is 0 Å². The van der Waals surface area contributed by atoms with Crippen molar-refractivity contribution in [2.75, 3.05) is 13.1 Å². The Balaban J connectivity index is 1.36. The Morgan fingerprint density at radius 1 is 1.18 bits per heavy atom. The highest BCUT2D eigenvalue weighted by Gasteiger charge is 2.31. The minimum absolute atomic E-state index is 0.0929. The lowest BCUT2D eigenvalue weighted by molar-refractivity contribution is 0.0607. The van der Waals surface area contributed by atoms with Crippen LogP contribution in [-0.2, 0) is 0 Å². The molecule has 1 atom stereocenters. The van der Waals surface area contributed by atoms with E-state index in [2.05, 4.69) is 15.3 Å². The number of hydrogen-bond donors (Lipinski definition) is 1. The van der Waals surface area contributed by atoms with Crippen LogP contribution < -0.4 is 5.32 Å². The first-order chi connectivity index (χ1) is 16.4. The Kier molecular flexibility index (Phi) is 6.18. The van der Waals surface area contributed by atoms with E-state index in [0.717, 1.165) is 29.2 Å². The van der Waals surface area contributed by atoms with Crippen molar-refractivity contribution in [1.29, 1.82) is 0 Å². The number of carbonyl (C=O) groups excluding carboxylic acids is 2. The fourth-order valence-corrected chi connectivity index (χ4v) is 6.10. The molecule has 1 saturated heterocycles. The van der Waals surface area contributed by atoms with E-state index in [9.17, 15) is 14.0 Å². The second kappa shape index (κ2) is 9.27. The van der Waals surface area contributed by atoms with Gasteiger partial charge < -0.3 is 10.2 Å². The number of rotatable bonds is 5. The normalized spacial score (nSPS) is 16.2. The number of fused-ring (bicyclic) bond motifs is 1. The topological polar surface area (TPSA) is 79.6 Å². The number of aromatic nitrogens is 3. The minimum atomic E-state index is -0.330. The maximum atomic E-state index is 13.6. The van der Waals surface area contributed by atoms with Gasteiger partial charge >= 0.3 is 0 Å². The van der Waals surface area contributed by atoms with E-state index in [-0.39, 0.29) is 23.7 Å². The number of imidazole rings is 1.